The SMILES string of the molecule is COc1cccc(NC(=O)N(C)N)c1COc1ccc(/C(C)=N/OC(C)(C)C)cc1C. The molecule has 0 saturated carbocycles. The number of nitrogens with two attached hydrogens (primary N) is 1. The molecule has 0 fully saturated rings. The fourth-order valence-corrected chi connectivity index (χ4v) is 2.67. The molecule has 0 heterocycles. The largest absolute Gasteiger partial charge is 0.496 e. The molecule has 8 heteroatoms. The van der Waals surface area contributed by atoms with Crippen molar-refractivity contribution in [1.82, 2.24) is 5.01 Å². The van der Waals surface area contributed by atoms with Gasteiger partial charge < -0.3 is 19.6 Å². The molecule has 0 bridgehead atoms. The second-order valence-electron chi connectivity index (χ2n) is 8.18. The third kappa shape index (κ3) is 6.89. The molecule has 31 heavy (non-hydrogen) atoms. The van der Waals surface area contributed by atoms with Crippen molar-refractivity contribution in [3.63, 3.8) is 0 Å². The van der Waals surface area contributed by atoms with Crippen LogP contribution in [-0.2, 0) is 11.4 Å². The van der Waals surface area contributed by atoms with Crippen molar-refractivity contribution in [2.24, 2.45) is 11.0 Å². The number of amides is 2. The molecule has 0 aliphatic carbocycles. The molecule has 0 atom stereocenters. The van der Waals surface area contributed by atoms with E-state index in [4.69, 9.17) is 20.2 Å². The first-order valence-corrected chi connectivity index (χ1v) is 9.93. The van der Waals surface area contributed by atoms with Crippen LogP contribution in [0.1, 0.15) is 44.4 Å². The summed E-state index contributed by atoms with van der Waals surface area (Å²) in [5, 5.41) is 7.94. The summed E-state index contributed by atoms with van der Waals surface area (Å²) in [7, 11) is 3.04. The zero-order chi connectivity index (χ0) is 23.2. The molecule has 2 rings (SSSR count). The maximum absolute atomic E-state index is 12.0. The van der Waals surface area contributed by atoms with E-state index < -0.39 is 6.03 Å². The van der Waals surface area contributed by atoms with Gasteiger partial charge in [0.2, 0.25) is 0 Å². The highest BCUT2D eigenvalue weighted by molar-refractivity contribution is 5.98. The Hall–Kier alpha value is -3.26. The van der Waals surface area contributed by atoms with Crippen molar-refractivity contribution in [3.05, 3.63) is 53.1 Å². The third-order valence-corrected chi connectivity index (χ3v) is 4.34. The van der Waals surface area contributed by atoms with Gasteiger partial charge in [0.05, 0.1) is 24.1 Å². The van der Waals surface area contributed by atoms with Crippen LogP contribution in [0.4, 0.5) is 10.5 Å². The number of methoxy groups -OCH3 is 1. The Morgan fingerprint density at radius 2 is 1.90 bits per heavy atom. The van der Waals surface area contributed by atoms with Gasteiger partial charge in [0, 0.05) is 7.05 Å². The van der Waals surface area contributed by atoms with E-state index in [9.17, 15) is 4.79 Å². The van der Waals surface area contributed by atoms with Gasteiger partial charge in [-0.15, -0.1) is 0 Å². The predicted octanol–water partition coefficient (Wildman–Crippen LogP) is 4.46. The highest BCUT2D eigenvalue weighted by Gasteiger charge is 2.15. The number of anilines is 1. The number of aryl methyl sites for hydroxylation is 1. The number of urea groups is 1. The first-order valence-electron chi connectivity index (χ1n) is 9.93. The molecule has 0 aliphatic heterocycles. The summed E-state index contributed by atoms with van der Waals surface area (Å²) in [5.74, 6) is 6.83. The third-order valence-electron chi connectivity index (χ3n) is 4.34. The highest BCUT2D eigenvalue weighted by atomic mass is 16.6. The van der Waals surface area contributed by atoms with E-state index >= 15 is 0 Å². The van der Waals surface area contributed by atoms with E-state index in [1.54, 1.807) is 19.2 Å². The van der Waals surface area contributed by atoms with E-state index in [0.717, 1.165) is 21.8 Å². The summed E-state index contributed by atoms with van der Waals surface area (Å²) in [6, 6.07) is 10.7. The molecular weight excluding hydrogens is 396 g/mol. The van der Waals surface area contributed by atoms with Gasteiger partial charge in [-0.05, 0) is 76.1 Å². The molecule has 0 aliphatic rings. The molecule has 0 unspecified atom stereocenters. The lowest BCUT2D eigenvalue weighted by Crippen LogP contribution is -2.37. The maximum atomic E-state index is 12.0. The lowest BCUT2D eigenvalue weighted by molar-refractivity contribution is 0.000953. The molecular formula is C23H32N4O4. The number of nitrogens with zero attached hydrogens (tertiary/aromatic N) is 2. The van der Waals surface area contributed by atoms with Crippen LogP contribution in [0.25, 0.3) is 0 Å². The summed E-state index contributed by atoms with van der Waals surface area (Å²) in [5.41, 5.74) is 3.61. The highest BCUT2D eigenvalue weighted by Crippen LogP contribution is 2.29. The van der Waals surface area contributed by atoms with Crippen LogP contribution in [0.5, 0.6) is 11.5 Å². The topological polar surface area (TPSA) is 98.4 Å². The van der Waals surface area contributed by atoms with Crippen molar-refractivity contribution in [2.45, 2.75) is 46.8 Å². The molecule has 0 aromatic heterocycles. The molecule has 8 nitrogen and oxygen atoms in total. The van der Waals surface area contributed by atoms with Crippen molar-refractivity contribution >= 4 is 17.4 Å². The summed E-state index contributed by atoms with van der Waals surface area (Å²) in [4.78, 5) is 17.5. The van der Waals surface area contributed by atoms with Crippen LogP contribution < -0.4 is 20.6 Å². The monoisotopic (exact) mass is 428 g/mol. The number of oxime groups is 1. The Morgan fingerprint density at radius 3 is 2.48 bits per heavy atom. The van der Waals surface area contributed by atoms with Gasteiger partial charge in [-0.25, -0.2) is 10.6 Å². The number of rotatable bonds is 7. The molecule has 0 saturated heterocycles. The van der Waals surface area contributed by atoms with E-state index in [2.05, 4.69) is 10.5 Å². The van der Waals surface area contributed by atoms with E-state index in [1.807, 2.05) is 58.9 Å². The number of hydrazine groups is 1. The van der Waals surface area contributed by atoms with Crippen molar-refractivity contribution in [3.8, 4) is 11.5 Å². The number of carbonyl (C=O) groups excluding carboxylic acids is 1. The smallest absolute Gasteiger partial charge is 0.335 e. The van der Waals surface area contributed by atoms with Gasteiger partial charge in [0.25, 0.3) is 0 Å². The number of hydrogen-bond acceptors (Lipinski definition) is 6. The van der Waals surface area contributed by atoms with E-state index in [0.29, 0.717) is 22.7 Å². The molecule has 2 amide bonds. The number of benzene rings is 2. The van der Waals surface area contributed by atoms with E-state index in [-0.39, 0.29) is 12.2 Å². The molecule has 0 spiro atoms. The van der Waals surface area contributed by atoms with Crippen LogP contribution in [0.15, 0.2) is 41.6 Å². The Bertz CT molecular complexity index is 949. The molecule has 168 valence electrons. The van der Waals surface area contributed by atoms with Crippen molar-refractivity contribution in [1.29, 1.82) is 0 Å². The Morgan fingerprint density at radius 1 is 1.19 bits per heavy atom. The first kappa shape index (κ1) is 24.0. The minimum atomic E-state index is -0.442. The maximum Gasteiger partial charge on any atom is 0.335 e. The summed E-state index contributed by atoms with van der Waals surface area (Å²) in [6.45, 7) is 9.92. The Kier molecular flexibility index (Phi) is 7.88. The van der Waals surface area contributed by atoms with Gasteiger partial charge in [0.15, 0.2) is 0 Å². The van der Waals surface area contributed by atoms with Crippen molar-refractivity contribution < 1.29 is 19.1 Å². The summed E-state index contributed by atoms with van der Waals surface area (Å²) in [6.07, 6.45) is 0. The van der Waals surface area contributed by atoms with Gasteiger partial charge in [0.1, 0.15) is 23.7 Å². The standard InChI is InChI=1S/C23H32N4O4/c1-15-13-17(16(2)26-31-23(3,4)5)11-12-20(15)30-14-18-19(25-22(28)27(6)24)9-8-10-21(18)29-7/h8-13H,14,24H2,1-7H3,(H,25,28)/b26-16+. The fraction of sp³-hybridized carbons (Fsp3) is 0.391. The second kappa shape index (κ2) is 10.2. The second-order valence-corrected chi connectivity index (χ2v) is 8.18. The number of hydrogen-bond donors (Lipinski definition) is 2. The normalized spacial score (nSPS) is 11.7. The molecule has 0 radical (unpaired) electrons. The molecule has 2 aromatic carbocycles. The summed E-state index contributed by atoms with van der Waals surface area (Å²) < 4.78 is 11.5. The van der Waals surface area contributed by atoms with Gasteiger partial charge in [-0.2, -0.15) is 0 Å². The van der Waals surface area contributed by atoms with Crippen LogP contribution >= 0.6 is 0 Å². The van der Waals surface area contributed by atoms with Crippen LogP contribution in [0, 0.1) is 6.92 Å². The van der Waals surface area contributed by atoms with Gasteiger partial charge >= 0.3 is 6.03 Å². The summed E-state index contributed by atoms with van der Waals surface area (Å²) >= 11 is 0. The lowest BCUT2D eigenvalue weighted by atomic mass is 10.1. The van der Waals surface area contributed by atoms with Gasteiger partial charge in [-0.3, -0.25) is 5.01 Å². The number of nitrogens with one attached hydrogen (secondary N) is 1. The minimum absolute atomic E-state index is 0.203. The molecule has 3 N–H and O–H groups in total. The van der Waals surface area contributed by atoms with Crippen LogP contribution in [-0.4, -0.2) is 36.5 Å². The van der Waals surface area contributed by atoms with Crippen LogP contribution in [0.3, 0.4) is 0 Å². The quantitative estimate of drug-likeness (QED) is 0.294. The average molecular weight is 429 g/mol. The number of ether oxygens (including phenoxy) is 2. The zero-order valence-corrected chi connectivity index (χ0v) is 19.3. The Labute approximate surface area is 183 Å². The van der Waals surface area contributed by atoms with Gasteiger partial charge in [-0.1, -0.05) is 11.2 Å². The van der Waals surface area contributed by atoms with Crippen LogP contribution in [0.2, 0.25) is 0 Å². The lowest BCUT2D eigenvalue weighted by Gasteiger charge is -2.18. The minimum Gasteiger partial charge on any atom is -0.496 e. The number of carbonyl (C=O) groups is 1. The fourth-order valence-electron chi connectivity index (χ4n) is 2.67. The Balaban J connectivity index is 2.20. The van der Waals surface area contributed by atoms with Crippen molar-refractivity contribution in [2.75, 3.05) is 19.5 Å². The first-order chi connectivity index (χ1) is 14.5. The van der Waals surface area contributed by atoms with E-state index in [1.165, 1.54) is 7.05 Å². The predicted molar refractivity (Wildman–Crippen MR) is 123 cm³/mol. The zero-order valence-electron chi connectivity index (χ0n) is 19.3. The molecule has 2 aromatic rings. The average Bonchev–Trinajstić information content (AvgIpc) is 2.70.